The molecular formula is C13H16F3N3O2. The molecule has 5 nitrogen and oxygen atoms in total. The summed E-state index contributed by atoms with van der Waals surface area (Å²) in [6.07, 6.45) is -4.57. The number of alkyl halides is 3. The van der Waals surface area contributed by atoms with Crippen LogP contribution in [0, 0.1) is 0 Å². The van der Waals surface area contributed by atoms with E-state index in [0.29, 0.717) is 26.3 Å². The molecule has 0 radical (unpaired) electrons. The molecule has 3 N–H and O–H groups in total. The van der Waals surface area contributed by atoms with Gasteiger partial charge >= 0.3 is 6.18 Å². The third kappa shape index (κ3) is 4.33. The SMILES string of the molecule is Nc1ccc(NC(=O)CN2CCOCC2)c(C(F)(F)F)c1. The first-order valence-corrected chi connectivity index (χ1v) is 6.43. The highest BCUT2D eigenvalue weighted by molar-refractivity contribution is 5.93. The first-order chi connectivity index (χ1) is 9.86. The molecule has 1 amide bonds. The van der Waals surface area contributed by atoms with Gasteiger partial charge in [0.05, 0.1) is 31.0 Å². The van der Waals surface area contributed by atoms with E-state index < -0.39 is 17.6 Å². The second kappa shape index (κ2) is 6.31. The fraction of sp³-hybridized carbons (Fsp3) is 0.462. The average molecular weight is 303 g/mol. The Morgan fingerprint density at radius 2 is 2.00 bits per heavy atom. The normalized spacial score (nSPS) is 16.7. The topological polar surface area (TPSA) is 67.6 Å². The lowest BCUT2D eigenvalue weighted by Gasteiger charge is -2.26. The molecule has 21 heavy (non-hydrogen) atoms. The summed E-state index contributed by atoms with van der Waals surface area (Å²) in [4.78, 5) is 13.7. The van der Waals surface area contributed by atoms with Crippen LogP contribution in [0.5, 0.6) is 0 Å². The summed E-state index contributed by atoms with van der Waals surface area (Å²) < 4.78 is 43.9. The van der Waals surface area contributed by atoms with Crippen LogP contribution in [0.15, 0.2) is 18.2 Å². The van der Waals surface area contributed by atoms with Crippen molar-refractivity contribution in [2.75, 3.05) is 43.9 Å². The zero-order valence-electron chi connectivity index (χ0n) is 11.2. The Bertz CT molecular complexity index is 514. The van der Waals surface area contributed by atoms with Gasteiger partial charge in [0.25, 0.3) is 0 Å². The average Bonchev–Trinajstić information content (AvgIpc) is 2.40. The standard InChI is InChI=1S/C13H16F3N3O2/c14-13(15,16)10-7-9(17)1-2-11(10)18-12(20)8-19-3-5-21-6-4-19/h1-2,7H,3-6,8,17H2,(H,18,20). The molecule has 1 heterocycles. The number of benzene rings is 1. The highest BCUT2D eigenvalue weighted by Crippen LogP contribution is 2.36. The number of amides is 1. The van der Waals surface area contributed by atoms with Gasteiger partial charge in [-0.2, -0.15) is 13.2 Å². The number of nitrogens with one attached hydrogen (secondary N) is 1. The second-order valence-electron chi connectivity index (χ2n) is 4.74. The second-order valence-corrected chi connectivity index (χ2v) is 4.74. The van der Waals surface area contributed by atoms with Gasteiger partial charge in [0.1, 0.15) is 0 Å². The Kier molecular flexibility index (Phi) is 4.69. The zero-order valence-corrected chi connectivity index (χ0v) is 11.2. The Labute approximate surface area is 119 Å². The lowest BCUT2D eigenvalue weighted by atomic mass is 10.1. The largest absolute Gasteiger partial charge is 0.418 e. The van der Waals surface area contributed by atoms with Crippen LogP contribution < -0.4 is 11.1 Å². The van der Waals surface area contributed by atoms with Gasteiger partial charge in [0.2, 0.25) is 5.91 Å². The van der Waals surface area contributed by atoms with E-state index in [2.05, 4.69) is 5.32 Å². The van der Waals surface area contributed by atoms with E-state index in [1.54, 1.807) is 0 Å². The maximum atomic E-state index is 12.9. The number of carbonyl (C=O) groups is 1. The predicted molar refractivity (Wildman–Crippen MR) is 71.7 cm³/mol. The molecule has 1 aliphatic rings. The van der Waals surface area contributed by atoms with E-state index in [4.69, 9.17) is 10.5 Å². The summed E-state index contributed by atoms with van der Waals surface area (Å²) >= 11 is 0. The fourth-order valence-electron chi connectivity index (χ4n) is 2.06. The van der Waals surface area contributed by atoms with Gasteiger partial charge in [0.15, 0.2) is 0 Å². The molecule has 0 unspecified atom stereocenters. The predicted octanol–water partition coefficient (Wildman–Crippen LogP) is 1.56. The molecule has 0 atom stereocenters. The quantitative estimate of drug-likeness (QED) is 0.832. The Balaban J connectivity index is 2.06. The van der Waals surface area contributed by atoms with Gasteiger partial charge in [-0.15, -0.1) is 0 Å². The first kappa shape index (κ1) is 15.6. The van der Waals surface area contributed by atoms with Crippen molar-refractivity contribution in [2.24, 2.45) is 0 Å². The van der Waals surface area contributed by atoms with E-state index in [-0.39, 0.29) is 17.9 Å². The number of halogens is 3. The highest BCUT2D eigenvalue weighted by atomic mass is 19.4. The van der Waals surface area contributed by atoms with Gasteiger partial charge in [-0.1, -0.05) is 0 Å². The number of nitrogens with zero attached hydrogens (tertiary/aromatic N) is 1. The molecule has 1 aromatic carbocycles. The molecule has 0 aromatic heterocycles. The fourth-order valence-corrected chi connectivity index (χ4v) is 2.06. The summed E-state index contributed by atoms with van der Waals surface area (Å²) in [5.74, 6) is -0.493. The minimum Gasteiger partial charge on any atom is -0.399 e. The third-order valence-electron chi connectivity index (χ3n) is 3.09. The molecule has 0 aliphatic carbocycles. The van der Waals surface area contributed by atoms with Crippen LogP contribution in [-0.2, 0) is 15.7 Å². The van der Waals surface area contributed by atoms with Crippen LogP contribution in [0.3, 0.4) is 0 Å². The molecule has 0 bridgehead atoms. The van der Waals surface area contributed by atoms with Crippen molar-refractivity contribution in [1.82, 2.24) is 4.90 Å². The van der Waals surface area contributed by atoms with Gasteiger partial charge in [-0.25, -0.2) is 0 Å². The number of hydrogen-bond acceptors (Lipinski definition) is 4. The van der Waals surface area contributed by atoms with Gasteiger partial charge in [-0.3, -0.25) is 9.69 Å². The molecular weight excluding hydrogens is 287 g/mol. The van der Waals surface area contributed by atoms with E-state index in [1.807, 2.05) is 4.90 Å². The van der Waals surface area contributed by atoms with Crippen molar-refractivity contribution in [3.63, 3.8) is 0 Å². The molecule has 2 rings (SSSR count). The maximum absolute atomic E-state index is 12.9. The van der Waals surface area contributed by atoms with Gasteiger partial charge < -0.3 is 15.8 Å². The Hall–Kier alpha value is -1.80. The van der Waals surface area contributed by atoms with E-state index in [0.717, 1.165) is 12.1 Å². The first-order valence-electron chi connectivity index (χ1n) is 6.43. The van der Waals surface area contributed by atoms with Crippen molar-refractivity contribution in [2.45, 2.75) is 6.18 Å². The monoisotopic (exact) mass is 303 g/mol. The van der Waals surface area contributed by atoms with Crippen LogP contribution in [0.1, 0.15) is 5.56 Å². The number of nitrogens with two attached hydrogens (primary N) is 1. The number of ether oxygens (including phenoxy) is 1. The van der Waals surface area contributed by atoms with Crippen LogP contribution in [0.25, 0.3) is 0 Å². The Morgan fingerprint density at radius 1 is 1.33 bits per heavy atom. The van der Waals surface area contributed by atoms with Gasteiger partial charge in [-0.05, 0) is 18.2 Å². The van der Waals surface area contributed by atoms with Crippen LogP contribution in [-0.4, -0.2) is 43.7 Å². The van der Waals surface area contributed by atoms with Crippen LogP contribution in [0.4, 0.5) is 24.5 Å². The number of anilines is 2. The molecule has 8 heteroatoms. The van der Waals surface area contributed by atoms with E-state index >= 15 is 0 Å². The molecule has 1 fully saturated rings. The summed E-state index contributed by atoms with van der Waals surface area (Å²) in [5, 5.41) is 2.29. The summed E-state index contributed by atoms with van der Waals surface area (Å²) in [6, 6.07) is 3.29. The maximum Gasteiger partial charge on any atom is 0.418 e. The number of carbonyl (C=O) groups excluding carboxylic acids is 1. The zero-order chi connectivity index (χ0) is 15.5. The summed E-state index contributed by atoms with van der Waals surface area (Å²) in [6.45, 7) is 2.24. The molecule has 1 saturated heterocycles. The van der Waals surface area contributed by atoms with Gasteiger partial charge in [0, 0.05) is 18.8 Å². The molecule has 116 valence electrons. The highest BCUT2D eigenvalue weighted by Gasteiger charge is 2.34. The third-order valence-corrected chi connectivity index (χ3v) is 3.09. The van der Waals surface area contributed by atoms with Crippen molar-refractivity contribution in [3.8, 4) is 0 Å². The van der Waals surface area contributed by atoms with Crippen molar-refractivity contribution in [1.29, 1.82) is 0 Å². The van der Waals surface area contributed by atoms with Crippen molar-refractivity contribution >= 4 is 17.3 Å². The molecule has 1 aromatic rings. The van der Waals surface area contributed by atoms with E-state index in [1.165, 1.54) is 6.07 Å². The minimum absolute atomic E-state index is 0.00602. The smallest absolute Gasteiger partial charge is 0.399 e. The number of hydrogen-bond donors (Lipinski definition) is 2. The number of morpholine rings is 1. The van der Waals surface area contributed by atoms with Crippen molar-refractivity contribution in [3.05, 3.63) is 23.8 Å². The minimum atomic E-state index is -4.57. The lowest BCUT2D eigenvalue weighted by Crippen LogP contribution is -2.41. The molecule has 0 saturated carbocycles. The number of nitrogen functional groups attached to an aromatic ring is 1. The molecule has 1 aliphatic heterocycles. The van der Waals surface area contributed by atoms with Crippen LogP contribution >= 0.6 is 0 Å². The molecule has 0 spiro atoms. The van der Waals surface area contributed by atoms with E-state index in [9.17, 15) is 18.0 Å². The summed E-state index contributed by atoms with van der Waals surface area (Å²) in [5.41, 5.74) is 4.13. The van der Waals surface area contributed by atoms with Crippen LogP contribution in [0.2, 0.25) is 0 Å². The summed E-state index contributed by atoms with van der Waals surface area (Å²) in [7, 11) is 0. The lowest BCUT2D eigenvalue weighted by molar-refractivity contribution is -0.136. The number of rotatable bonds is 3. The Morgan fingerprint density at radius 3 is 2.62 bits per heavy atom. The van der Waals surface area contributed by atoms with Crippen molar-refractivity contribution < 1.29 is 22.7 Å².